The van der Waals surface area contributed by atoms with Crippen LogP contribution in [0.1, 0.15) is 35.3 Å². The molecule has 0 saturated carbocycles. The summed E-state index contributed by atoms with van der Waals surface area (Å²) < 4.78 is 0. The van der Waals surface area contributed by atoms with E-state index in [9.17, 15) is 4.79 Å². The minimum absolute atomic E-state index is 0.0602. The smallest absolute Gasteiger partial charge is 0.271 e. The molecule has 3 heterocycles. The van der Waals surface area contributed by atoms with Crippen molar-refractivity contribution in [2.45, 2.75) is 25.7 Å². The molecule has 0 spiro atoms. The number of fused-ring (bicyclic) bond motifs is 1. The first-order valence-corrected chi connectivity index (χ1v) is 8.92. The maximum absolute atomic E-state index is 12.5. The number of hydrogen-bond acceptors (Lipinski definition) is 3. The predicted octanol–water partition coefficient (Wildman–Crippen LogP) is 3.44. The fraction of sp³-hybridized carbons (Fsp3) is 0.350. The molecule has 5 nitrogen and oxygen atoms in total. The van der Waals surface area contributed by atoms with Crippen LogP contribution in [0.4, 0.5) is 0 Å². The van der Waals surface area contributed by atoms with Crippen molar-refractivity contribution in [1.29, 1.82) is 0 Å². The number of benzene rings is 1. The Kier molecular flexibility index (Phi) is 4.46. The third-order valence-corrected chi connectivity index (χ3v) is 5.09. The zero-order chi connectivity index (χ0) is 17.1. The highest BCUT2D eigenvalue weighted by atomic mass is 16.2. The number of hydrogen-bond donors (Lipinski definition) is 1. The first kappa shape index (κ1) is 15.8. The van der Waals surface area contributed by atoms with Crippen molar-refractivity contribution in [3.8, 4) is 0 Å². The first-order chi connectivity index (χ1) is 12.3. The van der Waals surface area contributed by atoms with Crippen LogP contribution in [-0.4, -0.2) is 39.1 Å². The number of para-hydroxylation sites is 1. The minimum Gasteiger partial charge on any atom is -0.337 e. The van der Waals surface area contributed by atoms with E-state index in [0.717, 1.165) is 44.3 Å². The molecule has 1 fully saturated rings. The quantitative estimate of drug-likeness (QED) is 0.798. The summed E-state index contributed by atoms with van der Waals surface area (Å²) in [6, 6.07) is 12.3. The maximum Gasteiger partial charge on any atom is 0.271 e. The largest absolute Gasteiger partial charge is 0.337 e. The Morgan fingerprint density at radius 1 is 1.12 bits per heavy atom. The Balaban J connectivity index is 1.45. The molecule has 0 radical (unpaired) electrons. The van der Waals surface area contributed by atoms with Crippen molar-refractivity contribution in [2.75, 3.05) is 13.1 Å². The van der Waals surface area contributed by atoms with E-state index in [1.165, 1.54) is 10.9 Å². The molecular formula is C20H22N4O. The van der Waals surface area contributed by atoms with Gasteiger partial charge in [0, 0.05) is 30.9 Å². The van der Waals surface area contributed by atoms with Gasteiger partial charge in [0.15, 0.2) is 0 Å². The van der Waals surface area contributed by atoms with Gasteiger partial charge in [0.1, 0.15) is 5.69 Å². The number of carbonyl (C=O) groups excluding carboxylic acids is 1. The SMILES string of the molecule is O=C(c1ccn[nH]1)N1CCC[C@H](Cc2cccc3cccnc23)CC1. The van der Waals surface area contributed by atoms with Crippen molar-refractivity contribution >= 4 is 16.8 Å². The van der Waals surface area contributed by atoms with Crippen molar-refractivity contribution in [2.24, 2.45) is 5.92 Å². The molecule has 1 aliphatic rings. The number of pyridine rings is 1. The van der Waals surface area contributed by atoms with Crippen molar-refractivity contribution < 1.29 is 4.79 Å². The fourth-order valence-corrected chi connectivity index (χ4v) is 3.76. The van der Waals surface area contributed by atoms with Gasteiger partial charge in [0.05, 0.1) is 5.52 Å². The zero-order valence-electron chi connectivity index (χ0n) is 14.2. The molecule has 1 saturated heterocycles. The Morgan fingerprint density at radius 2 is 2.04 bits per heavy atom. The molecule has 1 atom stereocenters. The van der Waals surface area contributed by atoms with Gasteiger partial charge in [-0.1, -0.05) is 24.3 Å². The number of carbonyl (C=O) groups is 1. The summed E-state index contributed by atoms with van der Waals surface area (Å²) in [6.45, 7) is 1.63. The monoisotopic (exact) mass is 334 g/mol. The first-order valence-electron chi connectivity index (χ1n) is 8.92. The predicted molar refractivity (Wildman–Crippen MR) is 97.3 cm³/mol. The molecule has 4 rings (SSSR count). The Morgan fingerprint density at radius 3 is 2.92 bits per heavy atom. The zero-order valence-corrected chi connectivity index (χ0v) is 14.2. The van der Waals surface area contributed by atoms with Crippen LogP contribution in [-0.2, 0) is 6.42 Å². The van der Waals surface area contributed by atoms with Crippen molar-refractivity contribution in [3.05, 3.63) is 60.0 Å². The van der Waals surface area contributed by atoms with Crippen molar-refractivity contribution in [3.63, 3.8) is 0 Å². The van der Waals surface area contributed by atoms with E-state index in [1.807, 2.05) is 17.2 Å². The van der Waals surface area contributed by atoms with Gasteiger partial charge in [0.25, 0.3) is 5.91 Å². The normalized spacial score (nSPS) is 18.2. The number of aromatic nitrogens is 3. The summed E-state index contributed by atoms with van der Waals surface area (Å²) in [5.74, 6) is 0.650. The summed E-state index contributed by atoms with van der Waals surface area (Å²) in [5.41, 5.74) is 3.01. The van der Waals surface area contributed by atoms with Crippen LogP contribution in [0, 0.1) is 5.92 Å². The Bertz CT molecular complexity index is 854. The van der Waals surface area contributed by atoms with Gasteiger partial charge < -0.3 is 4.90 Å². The molecule has 0 unspecified atom stereocenters. The molecule has 1 aromatic carbocycles. The summed E-state index contributed by atoms with van der Waals surface area (Å²) >= 11 is 0. The molecule has 128 valence electrons. The highest BCUT2D eigenvalue weighted by Crippen LogP contribution is 2.25. The number of nitrogens with one attached hydrogen (secondary N) is 1. The van der Waals surface area contributed by atoms with Crippen LogP contribution in [0.3, 0.4) is 0 Å². The fourth-order valence-electron chi connectivity index (χ4n) is 3.76. The summed E-state index contributed by atoms with van der Waals surface area (Å²) in [7, 11) is 0. The molecular weight excluding hydrogens is 312 g/mol. The van der Waals surface area contributed by atoms with Crippen LogP contribution in [0.15, 0.2) is 48.8 Å². The molecule has 25 heavy (non-hydrogen) atoms. The van der Waals surface area contributed by atoms with Crippen molar-refractivity contribution in [1.82, 2.24) is 20.1 Å². The van der Waals surface area contributed by atoms with Gasteiger partial charge in [-0.15, -0.1) is 0 Å². The van der Waals surface area contributed by atoms with E-state index >= 15 is 0 Å². The van der Waals surface area contributed by atoms with Gasteiger partial charge >= 0.3 is 0 Å². The highest BCUT2D eigenvalue weighted by Gasteiger charge is 2.22. The summed E-state index contributed by atoms with van der Waals surface area (Å²) in [5, 5.41) is 7.86. The van der Waals surface area contributed by atoms with E-state index in [-0.39, 0.29) is 5.91 Å². The topological polar surface area (TPSA) is 61.9 Å². The van der Waals surface area contributed by atoms with Gasteiger partial charge in [-0.2, -0.15) is 5.10 Å². The number of amides is 1. The molecule has 2 aromatic heterocycles. The average Bonchev–Trinajstić information content (AvgIpc) is 3.09. The Labute approximate surface area is 147 Å². The van der Waals surface area contributed by atoms with Crippen LogP contribution in [0.25, 0.3) is 10.9 Å². The number of nitrogens with zero attached hydrogens (tertiary/aromatic N) is 3. The molecule has 5 heteroatoms. The lowest BCUT2D eigenvalue weighted by molar-refractivity contribution is 0.0754. The second-order valence-electron chi connectivity index (χ2n) is 6.76. The molecule has 1 aliphatic heterocycles. The molecule has 0 aliphatic carbocycles. The average molecular weight is 334 g/mol. The number of H-pyrrole nitrogens is 1. The standard InChI is InChI=1S/C20H22N4O/c25-20(18-8-11-22-23-18)24-12-3-4-15(9-13-24)14-17-6-1-5-16-7-2-10-21-19(16)17/h1-2,5-8,10-11,15H,3-4,9,12-14H2,(H,22,23)/t15-/m0/s1. The van der Waals surface area contributed by atoms with E-state index in [2.05, 4.69) is 39.4 Å². The van der Waals surface area contributed by atoms with Crippen LogP contribution < -0.4 is 0 Å². The van der Waals surface area contributed by atoms with Gasteiger partial charge in [0.2, 0.25) is 0 Å². The lowest BCUT2D eigenvalue weighted by Gasteiger charge is -2.20. The molecule has 1 amide bonds. The summed E-state index contributed by atoms with van der Waals surface area (Å²) in [4.78, 5) is 19.0. The Hall–Kier alpha value is -2.69. The number of rotatable bonds is 3. The third kappa shape index (κ3) is 3.40. The van der Waals surface area contributed by atoms with Gasteiger partial charge in [-0.3, -0.25) is 14.9 Å². The maximum atomic E-state index is 12.5. The van der Waals surface area contributed by atoms with E-state index in [0.29, 0.717) is 11.6 Å². The second kappa shape index (κ2) is 7.05. The third-order valence-electron chi connectivity index (χ3n) is 5.09. The van der Waals surface area contributed by atoms with Gasteiger partial charge in [-0.25, -0.2) is 0 Å². The second-order valence-corrected chi connectivity index (χ2v) is 6.76. The van der Waals surface area contributed by atoms with E-state index in [4.69, 9.17) is 0 Å². The lowest BCUT2D eigenvalue weighted by Crippen LogP contribution is -2.32. The van der Waals surface area contributed by atoms with E-state index < -0.39 is 0 Å². The van der Waals surface area contributed by atoms with E-state index in [1.54, 1.807) is 12.3 Å². The molecule has 0 bridgehead atoms. The number of aromatic amines is 1. The molecule has 3 aromatic rings. The number of likely N-dealkylation sites (tertiary alicyclic amines) is 1. The van der Waals surface area contributed by atoms with Crippen LogP contribution in [0.5, 0.6) is 0 Å². The highest BCUT2D eigenvalue weighted by molar-refractivity contribution is 5.92. The van der Waals surface area contributed by atoms with Crippen LogP contribution >= 0.6 is 0 Å². The van der Waals surface area contributed by atoms with Crippen LogP contribution in [0.2, 0.25) is 0 Å². The summed E-state index contributed by atoms with van der Waals surface area (Å²) in [6.07, 6.45) is 7.74. The molecule has 1 N–H and O–H groups in total. The minimum atomic E-state index is 0.0602. The lowest BCUT2D eigenvalue weighted by atomic mass is 9.91. The van der Waals surface area contributed by atoms with Gasteiger partial charge in [-0.05, 0) is 49.3 Å².